The van der Waals surface area contributed by atoms with Crippen molar-refractivity contribution in [3.8, 4) is 11.5 Å². The molecule has 0 heterocycles. The molecule has 1 aliphatic carbocycles. The summed E-state index contributed by atoms with van der Waals surface area (Å²) in [6, 6.07) is 15.2. The minimum absolute atomic E-state index is 0.319. The predicted molar refractivity (Wildman–Crippen MR) is 113 cm³/mol. The molecule has 3 rings (SSSR count). The molecule has 0 atom stereocenters. The van der Waals surface area contributed by atoms with Crippen LogP contribution in [0.3, 0.4) is 0 Å². The fraction of sp³-hybridized carbons (Fsp3) is 0.480. The van der Waals surface area contributed by atoms with E-state index >= 15 is 0 Å². The first kappa shape index (κ1) is 20.4. The fourth-order valence-corrected chi connectivity index (χ4v) is 3.90. The largest absolute Gasteiger partial charge is 0.494 e. The zero-order chi connectivity index (χ0) is 19.8. The number of carbonyl (C=O) groups is 1. The molecule has 2 aromatic carbocycles. The first-order valence-corrected chi connectivity index (χ1v) is 10.7. The standard InChI is InChI=1S/C25H32O3/c1-3-5-18-27-23-14-16-24(17-15-23)28-25(26)22-12-10-21(11-13-22)20-8-6-19(4-2)7-9-20/h10-17,19-20H,3-9,18H2,1-2H3. The zero-order valence-corrected chi connectivity index (χ0v) is 17.2. The molecule has 0 spiro atoms. The van der Waals surface area contributed by atoms with Gasteiger partial charge in [-0.1, -0.05) is 38.8 Å². The lowest BCUT2D eigenvalue weighted by Gasteiger charge is -2.28. The first-order valence-electron chi connectivity index (χ1n) is 10.7. The molecule has 0 unspecified atom stereocenters. The lowest BCUT2D eigenvalue weighted by atomic mass is 9.78. The van der Waals surface area contributed by atoms with E-state index in [1.54, 1.807) is 12.1 Å². The van der Waals surface area contributed by atoms with Crippen LogP contribution in [0.1, 0.15) is 80.6 Å². The number of rotatable bonds is 8. The van der Waals surface area contributed by atoms with Gasteiger partial charge in [-0.25, -0.2) is 4.79 Å². The van der Waals surface area contributed by atoms with Crippen LogP contribution in [0.2, 0.25) is 0 Å². The number of hydrogen-bond donors (Lipinski definition) is 0. The number of ether oxygens (including phenoxy) is 2. The van der Waals surface area contributed by atoms with E-state index in [1.165, 1.54) is 37.7 Å². The van der Waals surface area contributed by atoms with Gasteiger partial charge in [0.15, 0.2) is 0 Å². The maximum absolute atomic E-state index is 12.4. The van der Waals surface area contributed by atoms with E-state index in [2.05, 4.69) is 26.0 Å². The molecule has 3 nitrogen and oxygen atoms in total. The van der Waals surface area contributed by atoms with Gasteiger partial charge in [-0.15, -0.1) is 0 Å². The van der Waals surface area contributed by atoms with Gasteiger partial charge in [0.05, 0.1) is 12.2 Å². The van der Waals surface area contributed by atoms with Crippen molar-refractivity contribution in [1.29, 1.82) is 0 Å². The molecule has 150 valence electrons. The summed E-state index contributed by atoms with van der Waals surface area (Å²) in [5, 5.41) is 0. The minimum Gasteiger partial charge on any atom is -0.494 e. The maximum Gasteiger partial charge on any atom is 0.343 e. The van der Waals surface area contributed by atoms with Crippen LogP contribution < -0.4 is 9.47 Å². The molecule has 28 heavy (non-hydrogen) atoms. The van der Waals surface area contributed by atoms with Crippen LogP contribution >= 0.6 is 0 Å². The number of benzene rings is 2. The molecule has 0 amide bonds. The van der Waals surface area contributed by atoms with E-state index in [0.29, 0.717) is 23.8 Å². The van der Waals surface area contributed by atoms with Gasteiger partial charge >= 0.3 is 5.97 Å². The second kappa shape index (κ2) is 10.3. The third kappa shape index (κ3) is 5.60. The van der Waals surface area contributed by atoms with Crippen LogP contribution in [0.5, 0.6) is 11.5 Å². The van der Waals surface area contributed by atoms with Crippen LogP contribution in [0.15, 0.2) is 48.5 Å². The third-order valence-electron chi connectivity index (χ3n) is 5.84. The van der Waals surface area contributed by atoms with Crippen molar-refractivity contribution >= 4 is 5.97 Å². The Hall–Kier alpha value is -2.29. The molecule has 0 radical (unpaired) electrons. The third-order valence-corrected chi connectivity index (χ3v) is 5.84. The van der Waals surface area contributed by atoms with Crippen molar-refractivity contribution in [2.24, 2.45) is 5.92 Å². The summed E-state index contributed by atoms with van der Waals surface area (Å²) < 4.78 is 11.1. The maximum atomic E-state index is 12.4. The Morgan fingerprint density at radius 2 is 1.54 bits per heavy atom. The van der Waals surface area contributed by atoms with Gasteiger partial charge in [-0.2, -0.15) is 0 Å². The van der Waals surface area contributed by atoms with Gasteiger partial charge in [0, 0.05) is 0 Å². The Labute approximate surface area is 169 Å². The molecule has 1 aliphatic rings. The molecule has 2 aromatic rings. The molecule has 1 fully saturated rings. The number of hydrogen-bond acceptors (Lipinski definition) is 3. The van der Waals surface area contributed by atoms with Crippen molar-refractivity contribution in [3.05, 3.63) is 59.7 Å². The normalized spacial score (nSPS) is 19.2. The Balaban J connectivity index is 1.53. The summed E-state index contributed by atoms with van der Waals surface area (Å²) in [5.41, 5.74) is 1.94. The second-order valence-electron chi connectivity index (χ2n) is 7.81. The Kier molecular flexibility index (Phi) is 7.53. The summed E-state index contributed by atoms with van der Waals surface area (Å²) in [7, 11) is 0. The van der Waals surface area contributed by atoms with Gasteiger partial charge < -0.3 is 9.47 Å². The van der Waals surface area contributed by atoms with Gasteiger partial charge in [0.1, 0.15) is 11.5 Å². The molecule has 0 aliphatic heterocycles. The highest BCUT2D eigenvalue weighted by Gasteiger charge is 2.21. The monoisotopic (exact) mass is 380 g/mol. The van der Waals surface area contributed by atoms with Crippen molar-refractivity contribution in [1.82, 2.24) is 0 Å². The summed E-state index contributed by atoms with van der Waals surface area (Å²) in [5.74, 6) is 2.55. The molecule has 0 aromatic heterocycles. The molecule has 0 N–H and O–H groups in total. The van der Waals surface area contributed by atoms with E-state index in [-0.39, 0.29) is 5.97 Å². The number of esters is 1. The minimum atomic E-state index is -0.319. The van der Waals surface area contributed by atoms with Crippen molar-refractivity contribution in [2.75, 3.05) is 6.61 Å². The lowest BCUT2D eigenvalue weighted by Crippen LogP contribution is -2.13. The molecule has 0 saturated heterocycles. The highest BCUT2D eigenvalue weighted by molar-refractivity contribution is 5.91. The SMILES string of the molecule is CCCCOc1ccc(OC(=O)c2ccc(C3CCC(CC)CC3)cc2)cc1. The van der Waals surface area contributed by atoms with E-state index < -0.39 is 0 Å². The molecular formula is C25H32O3. The van der Waals surface area contributed by atoms with Gasteiger partial charge in [0.2, 0.25) is 0 Å². The fourth-order valence-electron chi connectivity index (χ4n) is 3.90. The Bertz CT molecular complexity index is 725. The molecule has 3 heteroatoms. The lowest BCUT2D eigenvalue weighted by molar-refractivity contribution is 0.0734. The molecule has 0 bridgehead atoms. The number of unbranched alkanes of at least 4 members (excludes halogenated alkanes) is 1. The van der Waals surface area contributed by atoms with E-state index in [1.807, 2.05) is 24.3 Å². The van der Waals surface area contributed by atoms with Crippen molar-refractivity contribution in [2.45, 2.75) is 64.7 Å². The quantitative estimate of drug-likeness (QED) is 0.288. The average molecular weight is 381 g/mol. The zero-order valence-electron chi connectivity index (χ0n) is 17.2. The predicted octanol–water partition coefficient (Wildman–Crippen LogP) is 6.77. The van der Waals surface area contributed by atoms with Crippen LogP contribution in [0, 0.1) is 5.92 Å². The van der Waals surface area contributed by atoms with Gasteiger partial charge in [-0.05, 0) is 85.9 Å². The molecular weight excluding hydrogens is 348 g/mol. The van der Waals surface area contributed by atoms with Gasteiger partial charge in [-0.3, -0.25) is 0 Å². The average Bonchev–Trinajstić information content (AvgIpc) is 2.75. The summed E-state index contributed by atoms with van der Waals surface area (Å²) >= 11 is 0. The first-order chi connectivity index (χ1) is 13.7. The van der Waals surface area contributed by atoms with Crippen molar-refractivity contribution in [3.63, 3.8) is 0 Å². The highest BCUT2D eigenvalue weighted by atomic mass is 16.5. The van der Waals surface area contributed by atoms with Crippen LogP contribution in [-0.2, 0) is 0 Å². The smallest absolute Gasteiger partial charge is 0.343 e. The Morgan fingerprint density at radius 3 is 2.14 bits per heavy atom. The number of carbonyl (C=O) groups excluding carboxylic acids is 1. The van der Waals surface area contributed by atoms with Gasteiger partial charge in [0.25, 0.3) is 0 Å². The van der Waals surface area contributed by atoms with Crippen LogP contribution in [0.4, 0.5) is 0 Å². The summed E-state index contributed by atoms with van der Waals surface area (Å²) in [4.78, 5) is 12.4. The second-order valence-corrected chi connectivity index (χ2v) is 7.81. The summed E-state index contributed by atoms with van der Waals surface area (Å²) in [6.07, 6.45) is 8.60. The van der Waals surface area contributed by atoms with Crippen LogP contribution in [-0.4, -0.2) is 12.6 Å². The van der Waals surface area contributed by atoms with E-state index in [0.717, 1.165) is 24.5 Å². The van der Waals surface area contributed by atoms with Crippen LogP contribution in [0.25, 0.3) is 0 Å². The van der Waals surface area contributed by atoms with E-state index in [4.69, 9.17) is 9.47 Å². The molecule has 1 saturated carbocycles. The van der Waals surface area contributed by atoms with E-state index in [9.17, 15) is 4.79 Å². The Morgan fingerprint density at radius 1 is 0.893 bits per heavy atom. The van der Waals surface area contributed by atoms with Crippen molar-refractivity contribution < 1.29 is 14.3 Å². The topological polar surface area (TPSA) is 35.5 Å². The summed E-state index contributed by atoms with van der Waals surface area (Å²) in [6.45, 7) is 5.13. The highest BCUT2D eigenvalue weighted by Crippen LogP contribution is 2.36.